The van der Waals surface area contributed by atoms with Crippen LogP contribution >= 0.6 is 0 Å². The van der Waals surface area contributed by atoms with Gasteiger partial charge in [-0.2, -0.15) is 0 Å². The van der Waals surface area contributed by atoms with Crippen molar-refractivity contribution in [3.05, 3.63) is 11.4 Å². The number of likely N-dealkylation sites (N-methyl/N-ethyl adjacent to an activating group) is 1. The number of aromatic nitrogens is 2. The maximum absolute atomic E-state index is 5.90. The fourth-order valence-electron chi connectivity index (χ4n) is 2.13. The van der Waals surface area contributed by atoms with Crippen LogP contribution < -0.4 is 11.1 Å². The second kappa shape index (κ2) is 4.87. The Morgan fingerprint density at radius 1 is 1.47 bits per heavy atom. The summed E-state index contributed by atoms with van der Waals surface area (Å²) in [6, 6.07) is 0.470. The Balaban J connectivity index is 2.17. The van der Waals surface area contributed by atoms with Gasteiger partial charge in [-0.05, 0) is 26.9 Å². The Kier molecular flexibility index (Phi) is 3.47. The lowest BCUT2D eigenvalue weighted by Crippen LogP contribution is -2.25. The summed E-state index contributed by atoms with van der Waals surface area (Å²) in [5.41, 5.74) is 6.85. The van der Waals surface area contributed by atoms with E-state index < -0.39 is 0 Å². The smallest absolute Gasteiger partial charge is 0.135 e. The van der Waals surface area contributed by atoms with E-state index in [0.29, 0.717) is 11.9 Å². The number of nitrogens with zero attached hydrogens (tertiary/aromatic N) is 3. The molecular formula is C12H21N5. The Morgan fingerprint density at radius 3 is 2.82 bits per heavy atom. The topological polar surface area (TPSA) is 67.1 Å². The number of hydrogen-bond acceptors (Lipinski definition) is 5. The second-order valence-corrected chi connectivity index (χ2v) is 4.74. The lowest BCUT2D eigenvalue weighted by Gasteiger charge is -2.16. The number of nitrogens with one attached hydrogen (secondary N) is 1. The molecule has 2 rings (SSSR count). The summed E-state index contributed by atoms with van der Waals surface area (Å²) in [4.78, 5) is 11.1. The Bertz CT molecular complexity index is 404. The summed E-state index contributed by atoms with van der Waals surface area (Å²) in [7, 11) is 2.14. The molecule has 1 aromatic rings. The molecule has 0 aliphatic carbocycles. The molecule has 0 saturated carbocycles. The minimum absolute atomic E-state index is 0.470. The van der Waals surface area contributed by atoms with Gasteiger partial charge in [0.15, 0.2) is 0 Å². The van der Waals surface area contributed by atoms with Crippen molar-refractivity contribution >= 4 is 11.6 Å². The molecule has 0 spiro atoms. The number of nitrogens with two attached hydrogens (primary N) is 1. The maximum atomic E-state index is 5.90. The van der Waals surface area contributed by atoms with E-state index in [2.05, 4.69) is 27.2 Å². The average Bonchev–Trinajstić information content (AvgIpc) is 2.70. The normalized spacial score (nSPS) is 20.8. The number of anilines is 2. The predicted molar refractivity (Wildman–Crippen MR) is 70.1 cm³/mol. The van der Waals surface area contributed by atoms with Crippen molar-refractivity contribution in [3.63, 3.8) is 0 Å². The zero-order valence-corrected chi connectivity index (χ0v) is 10.8. The Labute approximate surface area is 102 Å². The fourth-order valence-corrected chi connectivity index (χ4v) is 2.13. The first-order valence-electron chi connectivity index (χ1n) is 6.18. The van der Waals surface area contributed by atoms with Gasteiger partial charge < -0.3 is 16.0 Å². The van der Waals surface area contributed by atoms with Gasteiger partial charge in [-0.1, -0.05) is 6.92 Å². The van der Waals surface area contributed by atoms with E-state index in [1.165, 1.54) is 0 Å². The fraction of sp³-hybridized carbons (Fsp3) is 0.667. The standard InChI is InChI=1S/C12H21N5/c1-4-10-15-11(13)8(2)12(16-10)14-9-5-6-17(3)7-9/h9H,4-7H2,1-3H3,(H3,13,14,15,16). The van der Waals surface area contributed by atoms with Crippen LogP contribution in [0, 0.1) is 6.92 Å². The highest BCUT2D eigenvalue weighted by Crippen LogP contribution is 2.20. The third kappa shape index (κ3) is 2.66. The van der Waals surface area contributed by atoms with Crippen molar-refractivity contribution in [2.75, 3.05) is 31.2 Å². The minimum Gasteiger partial charge on any atom is -0.383 e. The lowest BCUT2D eigenvalue weighted by atomic mass is 10.2. The van der Waals surface area contributed by atoms with Gasteiger partial charge in [0.05, 0.1) is 0 Å². The molecule has 0 bridgehead atoms. The van der Waals surface area contributed by atoms with Gasteiger partial charge in [0.25, 0.3) is 0 Å². The lowest BCUT2D eigenvalue weighted by molar-refractivity contribution is 0.414. The summed E-state index contributed by atoms with van der Waals surface area (Å²) in [5, 5.41) is 3.48. The molecule has 17 heavy (non-hydrogen) atoms. The molecule has 1 aliphatic rings. The van der Waals surface area contributed by atoms with Gasteiger partial charge >= 0.3 is 0 Å². The van der Waals surface area contributed by atoms with Gasteiger partial charge in [0, 0.05) is 24.6 Å². The quantitative estimate of drug-likeness (QED) is 0.819. The number of rotatable bonds is 3. The molecule has 0 amide bonds. The third-order valence-electron chi connectivity index (χ3n) is 3.28. The summed E-state index contributed by atoms with van der Waals surface area (Å²) >= 11 is 0. The largest absolute Gasteiger partial charge is 0.383 e. The molecule has 1 atom stereocenters. The summed E-state index contributed by atoms with van der Waals surface area (Å²) in [6.07, 6.45) is 1.96. The molecule has 2 heterocycles. The van der Waals surface area contributed by atoms with Crippen LogP contribution in [0.5, 0.6) is 0 Å². The van der Waals surface area contributed by atoms with Crippen molar-refractivity contribution < 1.29 is 0 Å². The molecule has 1 aliphatic heterocycles. The number of aryl methyl sites for hydroxylation is 1. The van der Waals surface area contributed by atoms with Crippen LogP contribution in [0.1, 0.15) is 24.7 Å². The molecule has 3 N–H and O–H groups in total. The van der Waals surface area contributed by atoms with Gasteiger partial charge in [-0.3, -0.25) is 0 Å². The summed E-state index contributed by atoms with van der Waals surface area (Å²) in [5.74, 6) is 2.29. The highest BCUT2D eigenvalue weighted by Gasteiger charge is 2.20. The van der Waals surface area contributed by atoms with Crippen LogP contribution in [0.25, 0.3) is 0 Å². The van der Waals surface area contributed by atoms with Crippen LogP contribution in [0.4, 0.5) is 11.6 Å². The van der Waals surface area contributed by atoms with E-state index in [4.69, 9.17) is 5.73 Å². The van der Waals surface area contributed by atoms with Gasteiger partial charge in [0.2, 0.25) is 0 Å². The second-order valence-electron chi connectivity index (χ2n) is 4.74. The first-order chi connectivity index (χ1) is 8.10. The van der Waals surface area contributed by atoms with Crippen LogP contribution in [0.2, 0.25) is 0 Å². The van der Waals surface area contributed by atoms with E-state index in [1.54, 1.807) is 0 Å². The Morgan fingerprint density at radius 2 is 2.24 bits per heavy atom. The molecule has 5 heteroatoms. The molecule has 0 aromatic carbocycles. The first-order valence-corrected chi connectivity index (χ1v) is 6.18. The highest BCUT2D eigenvalue weighted by molar-refractivity contribution is 5.55. The zero-order chi connectivity index (χ0) is 12.4. The number of hydrogen-bond donors (Lipinski definition) is 2. The van der Waals surface area contributed by atoms with E-state index in [1.807, 2.05) is 13.8 Å². The van der Waals surface area contributed by atoms with Crippen molar-refractivity contribution in [2.45, 2.75) is 32.7 Å². The predicted octanol–water partition coefficient (Wildman–Crippen LogP) is 1.05. The summed E-state index contributed by atoms with van der Waals surface area (Å²) < 4.78 is 0. The SMILES string of the molecule is CCc1nc(N)c(C)c(NC2CCN(C)C2)n1. The van der Waals surface area contributed by atoms with Gasteiger partial charge in [-0.25, -0.2) is 9.97 Å². The van der Waals surface area contributed by atoms with Crippen molar-refractivity contribution in [3.8, 4) is 0 Å². The van der Waals surface area contributed by atoms with Gasteiger partial charge in [-0.15, -0.1) is 0 Å². The third-order valence-corrected chi connectivity index (χ3v) is 3.28. The maximum Gasteiger partial charge on any atom is 0.135 e. The first kappa shape index (κ1) is 12.1. The summed E-state index contributed by atoms with van der Waals surface area (Å²) in [6.45, 7) is 6.20. The van der Waals surface area contributed by atoms with Crippen molar-refractivity contribution in [1.29, 1.82) is 0 Å². The molecule has 1 unspecified atom stereocenters. The van der Waals surface area contributed by atoms with Crippen LogP contribution in [0.3, 0.4) is 0 Å². The minimum atomic E-state index is 0.470. The van der Waals surface area contributed by atoms with Crippen molar-refractivity contribution in [2.24, 2.45) is 0 Å². The van der Waals surface area contributed by atoms with E-state index >= 15 is 0 Å². The van der Waals surface area contributed by atoms with E-state index in [0.717, 1.165) is 43.1 Å². The van der Waals surface area contributed by atoms with Gasteiger partial charge in [0.1, 0.15) is 17.5 Å². The molecule has 1 aromatic heterocycles. The van der Waals surface area contributed by atoms with Crippen molar-refractivity contribution in [1.82, 2.24) is 14.9 Å². The van der Waals surface area contributed by atoms with E-state index in [-0.39, 0.29) is 0 Å². The number of likely N-dealkylation sites (tertiary alicyclic amines) is 1. The molecule has 1 saturated heterocycles. The highest BCUT2D eigenvalue weighted by atomic mass is 15.2. The average molecular weight is 235 g/mol. The van der Waals surface area contributed by atoms with Crippen LogP contribution in [-0.2, 0) is 6.42 Å². The molecule has 94 valence electrons. The van der Waals surface area contributed by atoms with E-state index in [9.17, 15) is 0 Å². The monoisotopic (exact) mass is 235 g/mol. The molecule has 1 fully saturated rings. The Hall–Kier alpha value is -1.36. The molecule has 0 radical (unpaired) electrons. The zero-order valence-electron chi connectivity index (χ0n) is 10.8. The molecular weight excluding hydrogens is 214 g/mol. The molecule has 5 nitrogen and oxygen atoms in total. The number of nitrogen functional groups attached to an aromatic ring is 1. The van der Waals surface area contributed by atoms with Crippen LogP contribution in [-0.4, -0.2) is 41.0 Å². The van der Waals surface area contributed by atoms with Crippen LogP contribution in [0.15, 0.2) is 0 Å².